The van der Waals surface area contributed by atoms with E-state index in [0.29, 0.717) is 6.07 Å². The summed E-state index contributed by atoms with van der Waals surface area (Å²) in [6, 6.07) is 8.73. The van der Waals surface area contributed by atoms with Crippen LogP contribution in [0.5, 0.6) is 0 Å². The summed E-state index contributed by atoms with van der Waals surface area (Å²) in [6.45, 7) is 0.809. The first kappa shape index (κ1) is 44.8. The number of halogens is 3. The SMILES string of the molecule is CC(SC1COC(C=CC=Cc2ccc(C#N)cc2F)OC1)C(Cn1cncn1)(OC(=O)OCOC(=O)CCC(=O)N1CCC(S(=O)(=O)O)CC1)c1ccc(F)cc1F. The van der Waals surface area contributed by atoms with Crippen molar-refractivity contribution in [1.29, 1.82) is 5.26 Å². The zero-order valence-electron chi connectivity index (χ0n) is 31.5. The third-order valence-corrected chi connectivity index (χ3v) is 12.2. The molecule has 3 aromatic rings. The van der Waals surface area contributed by atoms with Gasteiger partial charge < -0.3 is 28.6 Å². The number of aromatic nitrogens is 3. The number of allylic oxidation sites excluding steroid dienone is 2. The van der Waals surface area contributed by atoms with Gasteiger partial charge in [0.05, 0.1) is 48.3 Å². The summed E-state index contributed by atoms with van der Waals surface area (Å²) in [5, 5.41) is 10.8. The number of piperidine rings is 1. The molecule has 21 heteroatoms. The zero-order chi connectivity index (χ0) is 42.6. The van der Waals surface area contributed by atoms with E-state index in [0.717, 1.165) is 18.2 Å². The van der Waals surface area contributed by atoms with Crippen LogP contribution in [0.4, 0.5) is 18.0 Å². The number of hydrogen-bond acceptors (Lipinski definition) is 14. The number of rotatable bonds is 16. The lowest BCUT2D eigenvalue weighted by molar-refractivity contribution is -0.157. The Balaban J connectivity index is 1.20. The molecule has 0 bridgehead atoms. The maximum Gasteiger partial charge on any atom is 0.512 e. The van der Waals surface area contributed by atoms with Crippen LogP contribution in [0, 0.1) is 28.8 Å². The van der Waals surface area contributed by atoms with Crippen molar-refractivity contribution < 1.29 is 64.2 Å². The lowest BCUT2D eigenvalue weighted by Crippen LogP contribution is -2.47. The minimum atomic E-state index is -4.22. The fraction of sp³-hybridized carbons (Fsp3) is 0.421. The summed E-state index contributed by atoms with van der Waals surface area (Å²) < 4.78 is 105. The van der Waals surface area contributed by atoms with E-state index in [1.54, 1.807) is 25.2 Å². The van der Waals surface area contributed by atoms with Gasteiger partial charge >= 0.3 is 12.1 Å². The second-order valence-electron chi connectivity index (χ2n) is 13.4. The number of esters is 1. The molecule has 0 spiro atoms. The van der Waals surface area contributed by atoms with Crippen molar-refractivity contribution >= 4 is 46.0 Å². The van der Waals surface area contributed by atoms with Crippen LogP contribution in [0.25, 0.3) is 6.08 Å². The van der Waals surface area contributed by atoms with Crippen molar-refractivity contribution in [3.8, 4) is 6.07 Å². The van der Waals surface area contributed by atoms with Crippen molar-refractivity contribution in [1.82, 2.24) is 19.7 Å². The Labute approximate surface area is 341 Å². The average molecular weight is 864 g/mol. The lowest BCUT2D eigenvalue weighted by atomic mass is 9.89. The van der Waals surface area contributed by atoms with Gasteiger partial charge in [0, 0.05) is 42.0 Å². The molecule has 3 heterocycles. The molecular weight excluding hydrogens is 824 g/mol. The number of carbonyl (C=O) groups is 3. The van der Waals surface area contributed by atoms with Crippen molar-refractivity contribution in [2.75, 3.05) is 33.1 Å². The van der Waals surface area contributed by atoms with Gasteiger partial charge in [-0.05, 0) is 50.1 Å². The average Bonchev–Trinajstić information content (AvgIpc) is 3.72. The highest BCUT2D eigenvalue weighted by Crippen LogP contribution is 2.42. The van der Waals surface area contributed by atoms with E-state index in [2.05, 4.69) is 10.1 Å². The van der Waals surface area contributed by atoms with Crippen LogP contribution in [0.2, 0.25) is 0 Å². The molecule has 5 rings (SSSR count). The quantitative estimate of drug-likeness (QED) is 0.0878. The normalized spacial score (nSPS) is 19.2. The molecule has 16 nitrogen and oxygen atoms in total. The number of hydrogen-bond donors (Lipinski definition) is 1. The maximum absolute atomic E-state index is 15.7. The Morgan fingerprint density at radius 1 is 1.07 bits per heavy atom. The molecule has 1 amide bonds. The predicted molar refractivity (Wildman–Crippen MR) is 203 cm³/mol. The highest BCUT2D eigenvalue weighted by Gasteiger charge is 2.47. The standard InChI is InChI=1S/C38H40F3N5O11S2/c1-25(58-29-19-53-36(54-20-29)5-3-2-4-27-7-6-26(18-42)16-32(27)40)38(21-46-23-43-22-44-46,31-9-8-28(39)17-33(31)41)57-37(49)56-24-55-35(48)11-10-34(47)45-14-12-30(13-15-45)59(50,51)52/h2-9,16-17,22-23,25,29-30,36H,10-15,19-21,24H2,1H3,(H,50,51,52). The fourth-order valence-corrected chi connectivity index (χ4v) is 8.46. The van der Waals surface area contributed by atoms with Gasteiger partial charge in [-0.2, -0.15) is 18.8 Å². The summed E-state index contributed by atoms with van der Waals surface area (Å²) in [4.78, 5) is 43.5. The maximum atomic E-state index is 15.7. The topological polar surface area (TPSA) is 209 Å². The van der Waals surface area contributed by atoms with Gasteiger partial charge in [-0.3, -0.25) is 14.1 Å². The van der Waals surface area contributed by atoms with E-state index in [-0.39, 0.29) is 68.8 Å². The first-order valence-electron chi connectivity index (χ1n) is 18.1. The van der Waals surface area contributed by atoms with Crippen LogP contribution in [0.1, 0.15) is 49.3 Å². The van der Waals surface area contributed by atoms with Crippen LogP contribution >= 0.6 is 11.8 Å². The fourth-order valence-electron chi connectivity index (χ4n) is 6.29. The summed E-state index contributed by atoms with van der Waals surface area (Å²) in [6.07, 6.45) is 6.11. The van der Waals surface area contributed by atoms with Crippen molar-refractivity contribution in [3.63, 3.8) is 0 Å². The molecule has 1 N–H and O–H groups in total. The molecule has 2 atom stereocenters. The summed E-state index contributed by atoms with van der Waals surface area (Å²) in [5.74, 6) is -3.82. The Bertz CT molecular complexity index is 2160. The molecule has 2 aliphatic heterocycles. The molecule has 2 aliphatic rings. The largest absolute Gasteiger partial charge is 0.512 e. The van der Waals surface area contributed by atoms with Crippen molar-refractivity contribution in [2.24, 2.45) is 0 Å². The summed E-state index contributed by atoms with van der Waals surface area (Å²) in [5.41, 5.74) is -1.70. The van der Waals surface area contributed by atoms with E-state index in [1.807, 2.05) is 6.07 Å². The number of ether oxygens (including phenoxy) is 5. The van der Waals surface area contributed by atoms with Gasteiger partial charge in [0.1, 0.15) is 30.1 Å². The Morgan fingerprint density at radius 2 is 1.81 bits per heavy atom. The van der Waals surface area contributed by atoms with Crippen LogP contribution in [0.15, 0.2) is 67.3 Å². The molecule has 316 valence electrons. The Kier molecular flexibility index (Phi) is 15.7. The van der Waals surface area contributed by atoms with E-state index >= 15 is 4.39 Å². The van der Waals surface area contributed by atoms with E-state index < -0.39 is 86.5 Å². The molecule has 2 saturated heterocycles. The van der Waals surface area contributed by atoms with Crippen LogP contribution in [-0.4, -0.2) is 106 Å². The first-order valence-corrected chi connectivity index (χ1v) is 20.6. The summed E-state index contributed by atoms with van der Waals surface area (Å²) >= 11 is 1.21. The zero-order valence-corrected chi connectivity index (χ0v) is 33.2. The predicted octanol–water partition coefficient (Wildman–Crippen LogP) is 4.91. The van der Waals surface area contributed by atoms with Crippen LogP contribution in [-0.2, 0) is 55.5 Å². The van der Waals surface area contributed by atoms with Crippen LogP contribution < -0.4 is 0 Å². The number of thioether (sulfide) groups is 1. The number of amides is 1. The second-order valence-corrected chi connectivity index (χ2v) is 16.7. The highest BCUT2D eigenvalue weighted by atomic mass is 32.2. The van der Waals surface area contributed by atoms with E-state index in [9.17, 15) is 36.1 Å². The number of nitrogens with zero attached hydrogens (tertiary/aromatic N) is 5. The minimum Gasteiger partial charge on any atom is -0.428 e. The smallest absolute Gasteiger partial charge is 0.428 e. The third kappa shape index (κ3) is 12.6. The van der Waals surface area contributed by atoms with Crippen molar-refractivity contribution in [3.05, 3.63) is 101 Å². The van der Waals surface area contributed by atoms with Gasteiger partial charge in [0.15, 0.2) is 11.9 Å². The molecular formula is C38H40F3N5O11S2. The molecule has 59 heavy (non-hydrogen) atoms. The van der Waals surface area contributed by atoms with Gasteiger partial charge in [-0.1, -0.05) is 24.3 Å². The molecule has 2 fully saturated rings. The van der Waals surface area contributed by atoms with E-state index in [4.69, 9.17) is 28.9 Å². The number of carbonyl (C=O) groups excluding carboxylic acids is 3. The first-order chi connectivity index (χ1) is 28.2. The number of likely N-dealkylation sites (tertiary alicyclic amines) is 1. The molecule has 0 saturated carbocycles. The van der Waals surface area contributed by atoms with Gasteiger partial charge in [0.25, 0.3) is 10.1 Å². The van der Waals surface area contributed by atoms with Crippen molar-refractivity contribution in [2.45, 2.75) is 66.8 Å². The molecule has 2 aromatic carbocycles. The Morgan fingerprint density at radius 3 is 2.46 bits per heavy atom. The number of nitriles is 1. The Hall–Kier alpha value is -5.27. The lowest BCUT2D eigenvalue weighted by Gasteiger charge is -2.40. The molecule has 2 unspecified atom stereocenters. The number of benzene rings is 2. The van der Waals surface area contributed by atoms with Gasteiger partial charge in [-0.25, -0.2) is 27.6 Å². The van der Waals surface area contributed by atoms with Gasteiger partial charge in [0.2, 0.25) is 12.7 Å². The van der Waals surface area contributed by atoms with Crippen LogP contribution in [0.3, 0.4) is 0 Å². The molecule has 0 aliphatic carbocycles. The monoisotopic (exact) mass is 863 g/mol. The summed E-state index contributed by atoms with van der Waals surface area (Å²) in [7, 11) is -4.22. The second kappa shape index (κ2) is 20.6. The molecule has 1 aromatic heterocycles. The van der Waals surface area contributed by atoms with E-state index in [1.165, 1.54) is 52.2 Å². The molecule has 0 radical (unpaired) electrons. The highest BCUT2D eigenvalue weighted by molar-refractivity contribution is 8.00. The van der Waals surface area contributed by atoms with Gasteiger partial charge in [-0.15, -0.1) is 11.8 Å². The third-order valence-electron chi connectivity index (χ3n) is 9.40. The minimum absolute atomic E-state index is 0.0507.